The van der Waals surface area contributed by atoms with Crippen molar-refractivity contribution in [3.8, 4) is 0 Å². The van der Waals surface area contributed by atoms with Crippen LogP contribution in [-0.4, -0.2) is 39.2 Å². The number of alkyl halides is 3. The lowest BCUT2D eigenvalue weighted by molar-refractivity contribution is -0.136. The lowest BCUT2D eigenvalue weighted by Crippen LogP contribution is -2.38. The predicted molar refractivity (Wildman–Crippen MR) is 93.5 cm³/mol. The number of carboxylic acid groups (broad SMARTS) is 1. The molecule has 3 rings (SSSR count). The molecule has 1 unspecified atom stereocenters. The summed E-state index contributed by atoms with van der Waals surface area (Å²) in [6.07, 6.45) is -0.598. The van der Waals surface area contributed by atoms with Crippen LogP contribution in [0.15, 0.2) is 38.3 Å². The van der Waals surface area contributed by atoms with Crippen molar-refractivity contribution in [3.05, 3.63) is 39.7 Å². The number of thioether (sulfide) groups is 1. The van der Waals surface area contributed by atoms with Gasteiger partial charge in [0.25, 0.3) is 5.91 Å². The van der Waals surface area contributed by atoms with E-state index in [1.54, 1.807) is 0 Å². The number of nitrogens with zero attached hydrogens (tertiary/aromatic N) is 1. The summed E-state index contributed by atoms with van der Waals surface area (Å²) in [6.45, 7) is 1.44. The maximum atomic E-state index is 14.5. The summed E-state index contributed by atoms with van der Waals surface area (Å²) in [6, 6.07) is 0.250. The molecule has 2 aliphatic rings. The highest BCUT2D eigenvalue weighted by molar-refractivity contribution is 8.01. The third-order valence-corrected chi connectivity index (χ3v) is 6.29. The van der Waals surface area contributed by atoms with Crippen LogP contribution in [-0.2, 0) is 9.59 Å². The van der Waals surface area contributed by atoms with E-state index in [0.717, 1.165) is 17.4 Å². The molecule has 0 spiro atoms. The van der Waals surface area contributed by atoms with Crippen molar-refractivity contribution in [2.24, 2.45) is 0 Å². The number of hydrogen-bond acceptors (Lipinski definition) is 5. The SMILES string of the molecule is CC1=C(CC(=O)O)C2=C(F)C(=O)CCC2N1C(=O)c1csc(SC(F)(F)F)c1. The summed E-state index contributed by atoms with van der Waals surface area (Å²) in [4.78, 5) is 37.0. The number of hydrogen-bond donors (Lipinski definition) is 1. The van der Waals surface area contributed by atoms with Crippen molar-refractivity contribution in [2.75, 3.05) is 0 Å². The first-order valence-electron chi connectivity index (χ1n) is 8.02. The summed E-state index contributed by atoms with van der Waals surface area (Å²) >= 11 is 0.410. The van der Waals surface area contributed by atoms with E-state index in [4.69, 9.17) is 5.11 Å². The van der Waals surface area contributed by atoms with Crippen LogP contribution in [0.3, 0.4) is 0 Å². The van der Waals surface area contributed by atoms with Gasteiger partial charge in [0.2, 0.25) is 0 Å². The Hall–Kier alpha value is -2.14. The number of Topliss-reactive ketones (excluding diaryl/α,β-unsaturated/α-hetero) is 1. The van der Waals surface area contributed by atoms with Gasteiger partial charge in [-0.15, -0.1) is 11.3 Å². The molecule has 0 saturated heterocycles. The van der Waals surface area contributed by atoms with Crippen LogP contribution in [0.4, 0.5) is 17.6 Å². The van der Waals surface area contributed by atoms with E-state index in [0.29, 0.717) is 0 Å². The molecule has 0 bridgehead atoms. The van der Waals surface area contributed by atoms with Crippen molar-refractivity contribution in [3.63, 3.8) is 0 Å². The largest absolute Gasteiger partial charge is 0.481 e. The minimum Gasteiger partial charge on any atom is -0.481 e. The van der Waals surface area contributed by atoms with E-state index in [9.17, 15) is 31.9 Å². The van der Waals surface area contributed by atoms with Gasteiger partial charge in [-0.1, -0.05) is 0 Å². The molecule has 2 heterocycles. The number of allylic oxidation sites excluding steroid dienone is 2. The molecular weight excluding hydrogens is 422 g/mol. The third-order valence-electron chi connectivity index (χ3n) is 4.48. The molecule has 1 aliphatic heterocycles. The Morgan fingerprint density at radius 1 is 1.39 bits per heavy atom. The normalized spacial score (nSPS) is 20.1. The summed E-state index contributed by atoms with van der Waals surface area (Å²) < 4.78 is 51.9. The van der Waals surface area contributed by atoms with Crippen molar-refractivity contribution in [1.29, 1.82) is 0 Å². The summed E-state index contributed by atoms with van der Waals surface area (Å²) in [5.74, 6) is -3.72. The summed E-state index contributed by atoms with van der Waals surface area (Å²) in [7, 11) is 0. The highest BCUT2D eigenvalue weighted by atomic mass is 32.2. The first-order chi connectivity index (χ1) is 13.0. The average Bonchev–Trinajstić information content (AvgIpc) is 3.12. The molecule has 5 nitrogen and oxygen atoms in total. The Morgan fingerprint density at radius 3 is 2.68 bits per heavy atom. The maximum absolute atomic E-state index is 14.5. The molecule has 0 saturated carbocycles. The second-order valence-corrected chi connectivity index (χ2v) is 8.49. The van der Waals surface area contributed by atoms with E-state index < -0.39 is 41.5 Å². The number of carbonyl (C=O) groups excluding carboxylic acids is 2. The Bertz CT molecular complexity index is 932. The molecule has 28 heavy (non-hydrogen) atoms. The summed E-state index contributed by atoms with van der Waals surface area (Å²) in [5, 5.41) is 10.4. The van der Waals surface area contributed by atoms with E-state index in [2.05, 4.69) is 0 Å². The Morgan fingerprint density at radius 2 is 2.07 bits per heavy atom. The molecule has 1 atom stereocenters. The fraction of sp³-hybridized carbons (Fsp3) is 0.353. The van der Waals surface area contributed by atoms with Gasteiger partial charge in [-0.05, 0) is 36.7 Å². The smallest absolute Gasteiger partial charge is 0.447 e. The monoisotopic (exact) mass is 435 g/mol. The van der Waals surface area contributed by atoms with Gasteiger partial charge in [0, 0.05) is 23.1 Å². The number of rotatable bonds is 4. The molecule has 0 fully saturated rings. The van der Waals surface area contributed by atoms with Crippen LogP contribution >= 0.6 is 23.1 Å². The van der Waals surface area contributed by atoms with Gasteiger partial charge >= 0.3 is 11.5 Å². The van der Waals surface area contributed by atoms with Gasteiger partial charge in [0.15, 0.2) is 11.6 Å². The lowest BCUT2D eigenvalue weighted by atomic mass is 9.88. The van der Waals surface area contributed by atoms with Crippen molar-refractivity contribution < 1.29 is 37.1 Å². The Kier molecular flexibility index (Phi) is 5.41. The van der Waals surface area contributed by atoms with E-state index >= 15 is 0 Å². The topological polar surface area (TPSA) is 74.7 Å². The number of amides is 1. The highest BCUT2D eigenvalue weighted by Gasteiger charge is 2.44. The Labute approximate surface area is 164 Å². The van der Waals surface area contributed by atoms with Gasteiger partial charge in [0.1, 0.15) is 0 Å². The molecule has 0 aromatic carbocycles. The second kappa shape index (κ2) is 7.36. The van der Waals surface area contributed by atoms with Gasteiger partial charge < -0.3 is 10.0 Å². The number of carbonyl (C=O) groups is 3. The summed E-state index contributed by atoms with van der Waals surface area (Å²) in [5.41, 5.74) is -4.37. The van der Waals surface area contributed by atoms with Crippen LogP contribution in [0.25, 0.3) is 0 Å². The van der Waals surface area contributed by atoms with Gasteiger partial charge in [-0.3, -0.25) is 14.4 Å². The molecular formula is C17H13F4NO4S2. The molecule has 1 aromatic rings. The Balaban J connectivity index is 1.99. The van der Waals surface area contributed by atoms with Crippen LogP contribution in [0.1, 0.15) is 36.5 Å². The number of halogens is 4. The number of carboxylic acids is 1. The fourth-order valence-electron chi connectivity index (χ4n) is 3.39. The molecule has 150 valence electrons. The zero-order valence-electron chi connectivity index (χ0n) is 14.3. The number of thiophene rings is 1. The van der Waals surface area contributed by atoms with Gasteiger partial charge in [-0.2, -0.15) is 13.2 Å². The van der Waals surface area contributed by atoms with E-state index in [-0.39, 0.29) is 51.2 Å². The lowest BCUT2D eigenvalue weighted by Gasteiger charge is -2.29. The minimum atomic E-state index is -4.49. The maximum Gasteiger partial charge on any atom is 0.447 e. The van der Waals surface area contributed by atoms with Crippen molar-refractivity contribution in [2.45, 2.75) is 41.9 Å². The number of ketones is 1. The molecule has 1 N–H and O–H groups in total. The molecule has 1 amide bonds. The molecule has 11 heteroatoms. The van der Waals surface area contributed by atoms with Crippen molar-refractivity contribution in [1.82, 2.24) is 4.90 Å². The zero-order chi connectivity index (χ0) is 20.8. The zero-order valence-corrected chi connectivity index (χ0v) is 15.9. The minimum absolute atomic E-state index is 0.00988. The molecule has 0 radical (unpaired) electrons. The highest BCUT2D eigenvalue weighted by Crippen LogP contribution is 2.45. The average molecular weight is 435 g/mol. The number of fused-ring (bicyclic) bond motifs is 1. The van der Waals surface area contributed by atoms with E-state index in [1.165, 1.54) is 17.2 Å². The van der Waals surface area contributed by atoms with Crippen molar-refractivity contribution >= 4 is 40.8 Å². The first-order valence-corrected chi connectivity index (χ1v) is 9.72. The third kappa shape index (κ3) is 3.86. The predicted octanol–water partition coefficient (Wildman–Crippen LogP) is 4.52. The standard InChI is InChI=1S/C17H13F4NO4S2/c1-7-9(5-12(24)25)14-10(2-3-11(23)15(14)18)22(7)16(26)8-4-13(27-6-8)28-17(19,20)21/h4,6,10H,2-3,5H2,1H3,(H,24,25). The van der Waals surface area contributed by atoms with E-state index in [1.807, 2.05) is 0 Å². The van der Waals surface area contributed by atoms with Crippen LogP contribution in [0, 0.1) is 0 Å². The first kappa shape index (κ1) is 20.6. The fourth-order valence-corrected chi connectivity index (χ4v) is 5.03. The van der Waals surface area contributed by atoms with Crippen LogP contribution in [0.2, 0.25) is 0 Å². The van der Waals surface area contributed by atoms with Gasteiger partial charge in [0.05, 0.1) is 22.2 Å². The van der Waals surface area contributed by atoms with Crippen LogP contribution < -0.4 is 0 Å². The van der Waals surface area contributed by atoms with Gasteiger partial charge in [-0.25, -0.2) is 4.39 Å². The van der Waals surface area contributed by atoms with Crippen LogP contribution in [0.5, 0.6) is 0 Å². The second-order valence-electron chi connectivity index (χ2n) is 6.22. The molecule has 1 aliphatic carbocycles. The number of aliphatic carboxylic acids is 1. The molecule has 1 aromatic heterocycles. The quantitative estimate of drug-likeness (QED) is 0.556.